The first-order valence-electron chi connectivity index (χ1n) is 4.04. The Balaban J connectivity index is 3.48. The van der Waals surface area contributed by atoms with Crippen molar-refractivity contribution in [2.45, 2.75) is 19.5 Å². The van der Waals surface area contributed by atoms with Crippen molar-refractivity contribution in [3.63, 3.8) is 0 Å². The van der Waals surface area contributed by atoms with Gasteiger partial charge in [-0.05, 0) is 18.6 Å². The average molecular weight is 236 g/mol. The molecule has 0 amide bonds. The normalized spacial score (nSPS) is 11.6. The molecule has 1 rings (SSSR count). The van der Waals surface area contributed by atoms with Gasteiger partial charge in [-0.15, -0.1) is 0 Å². The Labute approximate surface area is 87.3 Å². The highest BCUT2D eigenvalue weighted by Gasteiger charge is 2.34. The minimum atomic E-state index is -4.84. The highest BCUT2D eigenvalue weighted by Crippen LogP contribution is 2.32. The van der Waals surface area contributed by atoms with E-state index in [0.29, 0.717) is 6.07 Å². The van der Waals surface area contributed by atoms with Gasteiger partial charge in [0.05, 0.1) is 11.6 Å². The first kappa shape index (κ1) is 12.4. The van der Waals surface area contributed by atoms with Crippen LogP contribution < -0.4 is 0 Å². The number of hydrogen-bond acceptors (Lipinski definition) is 2. The summed E-state index contributed by atoms with van der Waals surface area (Å²) in [5.74, 6) is 0. The van der Waals surface area contributed by atoms with Gasteiger partial charge in [0.1, 0.15) is 11.4 Å². The predicted molar refractivity (Wildman–Crippen MR) is 43.6 cm³/mol. The third-order valence-corrected chi connectivity index (χ3v) is 1.93. The highest BCUT2D eigenvalue weighted by molar-refractivity contribution is 5.41. The summed E-state index contributed by atoms with van der Waals surface area (Å²) in [5.41, 5.74) is -3.17. The van der Waals surface area contributed by atoms with Crippen LogP contribution in [0.5, 0.6) is 0 Å². The number of nitrogens with zero attached hydrogens (tertiary/aromatic N) is 2. The zero-order valence-corrected chi connectivity index (χ0v) is 7.94. The van der Waals surface area contributed by atoms with Gasteiger partial charge in [0.25, 0.3) is 6.43 Å². The Morgan fingerprint density at radius 3 is 2.31 bits per heavy atom. The summed E-state index contributed by atoms with van der Waals surface area (Å²) in [6, 6.07) is 1.89. The maximum Gasteiger partial charge on any atom is 0.433 e. The molecule has 0 fully saturated rings. The van der Waals surface area contributed by atoms with E-state index in [0.717, 1.165) is 6.92 Å². The molecule has 0 saturated carbocycles. The molecule has 0 radical (unpaired) electrons. The fourth-order valence-electron chi connectivity index (χ4n) is 1.10. The number of halogens is 5. The van der Waals surface area contributed by atoms with E-state index in [9.17, 15) is 22.0 Å². The average Bonchev–Trinajstić information content (AvgIpc) is 2.15. The maximum absolute atomic E-state index is 12.4. The van der Waals surface area contributed by atoms with Gasteiger partial charge in [0, 0.05) is 0 Å². The number of alkyl halides is 5. The van der Waals surface area contributed by atoms with Gasteiger partial charge in [0.2, 0.25) is 0 Å². The Kier molecular flexibility index (Phi) is 3.12. The molecule has 0 bridgehead atoms. The summed E-state index contributed by atoms with van der Waals surface area (Å²) in [4.78, 5) is 2.83. The lowest BCUT2D eigenvalue weighted by molar-refractivity contribution is -0.141. The van der Waals surface area contributed by atoms with Gasteiger partial charge in [-0.3, -0.25) is 0 Å². The van der Waals surface area contributed by atoms with Crippen molar-refractivity contribution in [2.24, 2.45) is 0 Å². The summed E-state index contributed by atoms with van der Waals surface area (Å²) in [7, 11) is 0. The minimum absolute atomic E-state index is 0.231. The molecular weight excluding hydrogens is 231 g/mol. The van der Waals surface area contributed by atoms with Crippen molar-refractivity contribution in [2.75, 3.05) is 0 Å². The van der Waals surface area contributed by atoms with Gasteiger partial charge < -0.3 is 0 Å². The smallest absolute Gasteiger partial charge is 0.242 e. The van der Waals surface area contributed by atoms with E-state index < -0.39 is 29.6 Å². The van der Waals surface area contributed by atoms with Crippen LogP contribution in [-0.4, -0.2) is 4.98 Å². The molecule has 0 unspecified atom stereocenters. The highest BCUT2D eigenvalue weighted by atomic mass is 19.4. The van der Waals surface area contributed by atoms with E-state index in [2.05, 4.69) is 4.98 Å². The van der Waals surface area contributed by atoms with E-state index in [1.807, 2.05) is 0 Å². The molecule has 2 nitrogen and oxygen atoms in total. The summed E-state index contributed by atoms with van der Waals surface area (Å²) < 4.78 is 61.5. The van der Waals surface area contributed by atoms with Crippen LogP contribution in [0.25, 0.3) is 0 Å². The molecule has 0 aliphatic heterocycles. The van der Waals surface area contributed by atoms with Gasteiger partial charge in [-0.1, -0.05) is 0 Å². The van der Waals surface area contributed by atoms with Crippen LogP contribution in [0.15, 0.2) is 6.07 Å². The zero-order valence-electron chi connectivity index (χ0n) is 7.94. The van der Waals surface area contributed by atoms with E-state index in [4.69, 9.17) is 5.26 Å². The van der Waals surface area contributed by atoms with Crippen molar-refractivity contribution in [3.8, 4) is 6.07 Å². The molecule has 1 heterocycles. The second kappa shape index (κ2) is 4.04. The van der Waals surface area contributed by atoms with Crippen molar-refractivity contribution in [1.82, 2.24) is 4.98 Å². The van der Waals surface area contributed by atoms with E-state index in [1.165, 1.54) is 6.07 Å². The Morgan fingerprint density at radius 2 is 1.94 bits per heavy atom. The molecule has 0 spiro atoms. The Morgan fingerprint density at radius 1 is 1.38 bits per heavy atom. The van der Waals surface area contributed by atoms with E-state index in [-0.39, 0.29) is 5.56 Å². The van der Waals surface area contributed by atoms with Crippen LogP contribution in [0, 0.1) is 18.3 Å². The lowest BCUT2D eigenvalue weighted by Crippen LogP contribution is -2.12. The fraction of sp³-hybridized carbons (Fsp3) is 0.333. The predicted octanol–water partition coefficient (Wildman–Crippen LogP) is 3.22. The molecular formula is C9H5F5N2. The van der Waals surface area contributed by atoms with Gasteiger partial charge in [-0.25, -0.2) is 13.8 Å². The first-order valence-corrected chi connectivity index (χ1v) is 4.04. The number of hydrogen-bond donors (Lipinski definition) is 0. The van der Waals surface area contributed by atoms with Crippen molar-refractivity contribution < 1.29 is 22.0 Å². The van der Waals surface area contributed by atoms with Crippen LogP contribution >= 0.6 is 0 Å². The molecule has 86 valence electrons. The molecule has 0 aromatic carbocycles. The van der Waals surface area contributed by atoms with Crippen LogP contribution in [-0.2, 0) is 6.18 Å². The molecule has 7 heteroatoms. The third-order valence-electron chi connectivity index (χ3n) is 1.93. The fourth-order valence-corrected chi connectivity index (χ4v) is 1.10. The molecule has 16 heavy (non-hydrogen) atoms. The maximum atomic E-state index is 12.4. The Bertz CT molecular complexity index is 444. The monoisotopic (exact) mass is 236 g/mol. The van der Waals surface area contributed by atoms with Crippen molar-refractivity contribution >= 4 is 0 Å². The van der Waals surface area contributed by atoms with Gasteiger partial charge >= 0.3 is 6.18 Å². The number of aromatic nitrogens is 1. The number of rotatable bonds is 1. The molecule has 0 atom stereocenters. The molecule has 0 saturated heterocycles. The largest absolute Gasteiger partial charge is 0.433 e. The number of nitriles is 1. The number of pyridine rings is 1. The summed E-state index contributed by atoms with van der Waals surface area (Å²) in [5, 5.41) is 8.52. The van der Waals surface area contributed by atoms with Crippen LogP contribution in [0.4, 0.5) is 22.0 Å². The standard InChI is InChI=1S/C9H5F5N2/c1-4-5(3-15)2-6(9(12,13)14)16-7(4)8(10)11/h2,8H,1H3. The molecule has 1 aromatic heterocycles. The summed E-state index contributed by atoms with van der Waals surface area (Å²) >= 11 is 0. The molecule has 0 aliphatic carbocycles. The topological polar surface area (TPSA) is 36.7 Å². The Hall–Kier alpha value is -1.71. The second-order valence-corrected chi connectivity index (χ2v) is 2.98. The van der Waals surface area contributed by atoms with Crippen LogP contribution in [0.2, 0.25) is 0 Å². The van der Waals surface area contributed by atoms with Gasteiger partial charge in [0.15, 0.2) is 0 Å². The van der Waals surface area contributed by atoms with E-state index >= 15 is 0 Å². The molecule has 1 aromatic rings. The van der Waals surface area contributed by atoms with Crippen molar-refractivity contribution in [3.05, 3.63) is 28.6 Å². The molecule has 0 N–H and O–H groups in total. The van der Waals surface area contributed by atoms with E-state index in [1.54, 1.807) is 0 Å². The lowest BCUT2D eigenvalue weighted by Gasteiger charge is -2.11. The second-order valence-electron chi connectivity index (χ2n) is 2.98. The molecule has 0 aliphatic rings. The SMILES string of the molecule is Cc1c(C#N)cc(C(F)(F)F)nc1C(F)F. The van der Waals surface area contributed by atoms with Crippen LogP contribution in [0.1, 0.15) is 28.9 Å². The minimum Gasteiger partial charge on any atom is -0.242 e. The van der Waals surface area contributed by atoms with Crippen LogP contribution in [0.3, 0.4) is 0 Å². The third kappa shape index (κ3) is 2.27. The lowest BCUT2D eigenvalue weighted by atomic mass is 10.1. The van der Waals surface area contributed by atoms with Gasteiger partial charge in [-0.2, -0.15) is 18.4 Å². The van der Waals surface area contributed by atoms with Crippen molar-refractivity contribution in [1.29, 1.82) is 5.26 Å². The summed E-state index contributed by atoms with van der Waals surface area (Å²) in [6.45, 7) is 1.13. The summed E-state index contributed by atoms with van der Waals surface area (Å²) in [6.07, 6.45) is -7.99. The first-order chi connectivity index (χ1) is 7.27. The quantitative estimate of drug-likeness (QED) is 0.702. The zero-order chi connectivity index (χ0) is 12.5.